The average Bonchev–Trinajstić information content (AvgIpc) is 2.50. The third-order valence-electron chi connectivity index (χ3n) is 3.85. The minimum Gasteiger partial charge on any atom is -0.348 e. The summed E-state index contributed by atoms with van der Waals surface area (Å²) in [6, 6.07) is 1.99. The molecule has 0 saturated heterocycles. The third kappa shape index (κ3) is 2.99. The second-order valence-corrected chi connectivity index (χ2v) is 5.71. The van der Waals surface area contributed by atoms with E-state index in [1.54, 1.807) is 0 Å². The molecule has 2 nitrogen and oxygen atoms in total. The normalized spacial score (nSPS) is 11.8. The van der Waals surface area contributed by atoms with Crippen molar-refractivity contribution in [3.63, 3.8) is 0 Å². The average molecular weight is 235 g/mol. The summed E-state index contributed by atoms with van der Waals surface area (Å²) in [5, 5.41) is 0. The van der Waals surface area contributed by atoms with Gasteiger partial charge in [0, 0.05) is 23.5 Å². The SMILES string of the molecule is Cc1cc(C=O)c(C)n1CC(C(C)C)C(C)C. The second-order valence-electron chi connectivity index (χ2n) is 5.71. The molecular formula is C15H25NO. The van der Waals surface area contributed by atoms with Crippen molar-refractivity contribution in [1.29, 1.82) is 0 Å². The number of hydrogen-bond donors (Lipinski definition) is 0. The zero-order valence-corrected chi connectivity index (χ0v) is 11.9. The Bertz CT molecular complexity index is 380. The van der Waals surface area contributed by atoms with Crippen LogP contribution in [-0.4, -0.2) is 10.9 Å². The molecule has 1 aromatic heterocycles. The summed E-state index contributed by atoms with van der Waals surface area (Å²) in [4.78, 5) is 10.9. The van der Waals surface area contributed by atoms with E-state index in [-0.39, 0.29) is 0 Å². The number of carbonyl (C=O) groups excluding carboxylic acids is 1. The molecule has 0 fully saturated rings. The van der Waals surface area contributed by atoms with Gasteiger partial charge in [-0.15, -0.1) is 0 Å². The summed E-state index contributed by atoms with van der Waals surface area (Å²) < 4.78 is 2.29. The van der Waals surface area contributed by atoms with E-state index in [4.69, 9.17) is 0 Å². The van der Waals surface area contributed by atoms with E-state index < -0.39 is 0 Å². The molecule has 0 aliphatic rings. The predicted molar refractivity (Wildman–Crippen MR) is 72.5 cm³/mol. The van der Waals surface area contributed by atoms with E-state index in [9.17, 15) is 4.79 Å². The van der Waals surface area contributed by atoms with Crippen LogP contribution >= 0.6 is 0 Å². The number of nitrogens with zero attached hydrogens (tertiary/aromatic N) is 1. The number of aryl methyl sites for hydroxylation is 1. The van der Waals surface area contributed by atoms with Crippen molar-refractivity contribution in [2.45, 2.75) is 48.1 Å². The highest BCUT2D eigenvalue weighted by molar-refractivity contribution is 5.77. The van der Waals surface area contributed by atoms with Gasteiger partial charge in [-0.3, -0.25) is 4.79 Å². The lowest BCUT2D eigenvalue weighted by molar-refractivity contribution is 0.112. The Morgan fingerprint density at radius 2 is 1.71 bits per heavy atom. The molecule has 96 valence electrons. The van der Waals surface area contributed by atoms with E-state index in [2.05, 4.69) is 39.2 Å². The first-order chi connectivity index (χ1) is 7.88. The summed E-state index contributed by atoms with van der Waals surface area (Å²) in [6.45, 7) is 14.2. The quantitative estimate of drug-likeness (QED) is 0.711. The van der Waals surface area contributed by atoms with Gasteiger partial charge < -0.3 is 4.57 Å². The maximum Gasteiger partial charge on any atom is 0.151 e. The molecule has 0 amide bonds. The molecule has 2 heteroatoms. The molecule has 0 saturated carbocycles. The number of carbonyl (C=O) groups is 1. The van der Waals surface area contributed by atoms with Crippen molar-refractivity contribution >= 4 is 6.29 Å². The minimum atomic E-state index is 0.652. The largest absolute Gasteiger partial charge is 0.348 e. The first-order valence-corrected chi connectivity index (χ1v) is 6.50. The smallest absolute Gasteiger partial charge is 0.151 e. The van der Waals surface area contributed by atoms with Crippen LogP contribution in [0.4, 0.5) is 0 Å². The molecule has 0 aliphatic heterocycles. The standard InChI is InChI=1S/C15H25NO/c1-10(2)15(11(3)4)8-16-12(5)7-14(9-17)13(16)6/h7,9-11,15H,8H2,1-6H3. The first-order valence-electron chi connectivity index (χ1n) is 6.50. The van der Waals surface area contributed by atoms with E-state index in [1.165, 1.54) is 5.69 Å². The molecule has 1 rings (SSSR count). The van der Waals surface area contributed by atoms with Gasteiger partial charge in [0.1, 0.15) is 0 Å². The predicted octanol–water partition coefficient (Wildman–Crippen LogP) is 3.85. The van der Waals surface area contributed by atoms with Crippen molar-refractivity contribution in [2.75, 3.05) is 0 Å². The molecule has 0 radical (unpaired) electrons. The topological polar surface area (TPSA) is 22.0 Å². The maximum atomic E-state index is 10.9. The van der Waals surface area contributed by atoms with Gasteiger partial charge in [-0.2, -0.15) is 0 Å². The lowest BCUT2D eigenvalue weighted by Crippen LogP contribution is -2.23. The molecule has 0 bridgehead atoms. The Morgan fingerprint density at radius 3 is 2.06 bits per heavy atom. The van der Waals surface area contributed by atoms with E-state index in [1.807, 2.05) is 13.0 Å². The second kappa shape index (κ2) is 5.52. The van der Waals surface area contributed by atoms with Crippen LogP contribution in [-0.2, 0) is 6.54 Å². The van der Waals surface area contributed by atoms with Gasteiger partial charge in [-0.25, -0.2) is 0 Å². The Balaban J connectivity index is 3.01. The van der Waals surface area contributed by atoms with E-state index in [0.717, 1.165) is 24.1 Å². The fourth-order valence-corrected chi connectivity index (χ4v) is 2.63. The molecule has 1 aromatic rings. The molecule has 0 atom stereocenters. The van der Waals surface area contributed by atoms with Gasteiger partial charge in [0.05, 0.1) is 0 Å². The van der Waals surface area contributed by atoms with Crippen LogP contribution < -0.4 is 0 Å². The molecule has 0 spiro atoms. The highest BCUT2D eigenvalue weighted by Crippen LogP contribution is 2.25. The van der Waals surface area contributed by atoms with Gasteiger partial charge in [-0.1, -0.05) is 27.7 Å². The lowest BCUT2D eigenvalue weighted by atomic mass is 9.85. The van der Waals surface area contributed by atoms with E-state index in [0.29, 0.717) is 17.8 Å². The highest BCUT2D eigenvalue weighted by atomic mass is 16.1. The van der Waals surface area contributed by atoms with Crippen LogP contribution in [0.25, 0.3) is 0 Å². The molecule has 0 aromatic carbocycles. The summed E-state index contributed by atoms with van der Waals surface area (Å²) in [7, 11) is 0. The van der Waals surface area contributed by atoms with Crippen molar-refractivity contribution in [2.24, 2.45) is 17.8 Å². The van der Waals surface area contributed by atoms with Crippen molar-refractivity contribution in [3.8, 4) is 0 Å². The molecule has 1 heterocycles. The Morgan fingerprint density at radius 1 is 1.18 bits per heavy atom. The molecular weight excluding hydrogens is 210 g/mol. The highest BCUT2D eigenvalue weighted by Gasteiger charge is 2.20. The number of aldehydes is 1. The van der Waals surface area contributed by atoms with Gasteiger partial charge in [0.15, 0.2) is 6.29 Å². The molecule has 0 unspecified atom stereocenters. The fourth-order valence-electron chi connectivity index (χ4n) is 2.63. The Kier molecular flexibility index (Phi) is 4.55. The van der Waals surface area contributed by atoms with Crippen LogP contribution in [0.3, 0.4) is 0 Å². The number of rotatable bonds is 5. The van der Waals surface area contributed by atoms with Crippen molar-refractivity contribution in [3.05, 3.63) is 23.0 Å². The van der Waals surface area contributed by atoms with Gasteiger partial charge in [-0.05, 0) is 37.7 Å². The zero-order valence-electron chi connectivity index (χ0n) is 11.9. The summed E-state index contributed by atoms with van der Waals surface area (Å²) in [6.07, 6.45) is 0.957. The van der Waals surface area contributed by atoms with E-state index >= 15 is 0 Å². The van der Waals surface area contributed by atoms with Crippen molar-refractivity contribution < 1.29 is 4.79 Å². The third-order valence-corrected chi connectivity index (χ3v) is 3.85. The Hall–Kier alpha value is -1.05. The number of aromatic nitrogens is 1. The van der Waals surface area contributed by atoms with Crippen LogP contribution in [0.1, 0.15) is 49.4 Å². The molecule has 17 heavy (non-hydrogen) atoms. The maximum absolute atomic E-state index is 10.9. The Labute approximate surface area is 105 Å². The first kappa shape index (κ1) is 14.0. The van der Waals surface area contributed by atoms with Gasteiger partial charge in [0.25, 0.3) is 0 Å². The van der Waals surface area contributed by atoms with Crippen LogP contribution in [0.2, 0.25) is 0 Å². The zero-order chi connectivity index (χ0) is 13.2. The molecule has 0 N–H and O–H groups in total. The fraction of sp³-hybridized carbons (Fsp3) is 0.667. The van der Waals surface area contributed by atoms with Crippen molar-refractivity contribution in [1.82, 2.24) is 4.57 Å². The minimum absolute atomic E-state index is 0.652. The van der Waals surface area contributed by atoms with Gasteiger partial charge in [0.2, 0.25) is 0 Å². The number of hydrogen-bond acceptors (Lipinski definition) is 1. The lowest BCUT2D eigenvalue weighted by Gasteiger charge is -2.27. The van der Waals surface area contributed by atoms with Gasteiger partial charge >= 0.3 is 0 Å². The summed E-state index contributed by atoms with van der Waals surface area (Å²) in [5.74, 6) is 1.98. The monoisotopic (exact) mass is 235 g/mol. The van der Waals surface area contributed by atoms with Crippen LogP contribution in [0, 0.1) is 31.6 Å². The summed E-state index contributed by atoms with van der Waals surface area (Å²) in [5.41, 5.74) is 3.12. The van der Waals surface area contributed by atoms with Crippen LogP contribution in [0.5, 0.6) is 0 Å². The van der Waals surface area contributed by atoms with Crippen LogP contribution in [0.15, 0.2) is 6.07 Å². The molecule has 0 aliphatic carbocycles. The summed E-state index contributed by atoms with van der Waals surface area (Å²) >= 11 is 0.